The van der Waals surface area contributed by atoms with Crippen molar-refractivity contribution in [2.24, 2.45) is 0 Å². The van der Waals surface area contributed by atoms with Crippen LogP contribution in [-0.2, 0) is 17.9 Å². The van der Waals surface area contributed by atoms with E-state index in [1.165, 1.54) is 19.2 Å². The number of non-ortho nitro benzene ring substituents is 1. The van der Waals surface area contributed by atoms with Crippen LogP contribution >= 0.6 is 0 Å². The van der Waals surface area contributed by atoms with Gasteiger partial charge in [-0.1, -0.05) is 36.4 Å². The van der Waals surface area contributed by atoms with E-state index < -0.39 is 11.0 Å². The number of nitro benzene ring substituents is 1. The Balaban J connectivity index is 1.54. The summed E-state index contributed by atoms with van der Waals surface area (Å²) in [6.45, 7) is 0.539. The minimum Gasteiger partial charge on any atom is -0.493 e. The van der Waals surface area contributed by atoms with Gasteiger partial charge in [-0.25, -0.2) is 0 Å². The molecule has 0 spiro atoms. The first-order chi connectivity index (χ1) is 19.0. The van der Waals surface area contributed by atoms with Crippen LogP contribution < -0.4 is 20.1 Å². The van der Waals surface area contributed by atoms with Crippen LogP contribution in [0.25, 0.3) is 0 Å². The average molecular weight is 523 g/mol. The van der Waals surface area contributed by atoms with Gasteiger partial charge >= 0.3 is 0 Å². The molecule has 4 aromatic carbocycles. The normalized spacial score (nSPS) is 11.1. The number of hydrogen-bond donors (Lipinski definition) is 2. The first-order valence-electron chi connectivity index (χ1n) is 12.1. The Kier molecular flexibility index (Phi) is 8.72. The Bertz CT molecular complexity index is 1470. The van der Waals surface area contributed by atoms with E-state index in [2.05, 4.69) is 16.7 Å². The molecule has 4 aromatic rings. The number of nitriles is 1. The van der Waals surface area contributed by atoms with Gasteiger partial charge in [-0.2, -0.15) is 5.26 Å². The zero-order valence-electron chi connectivity index (χ0n) is 21.2. The van der Waals surface area contributed by atoms with Crippen LogP contribution in [0.2, 0.25) is 0 Å². The molecule has 0 unspecified atom stereocenters. The van der Waals surface area contributed by atoms with Crippen molar-refractivity contribution < 1.29 is 19.2 Å². The number of benzene rings is 4. The van der Waals surface area contributed by atoms with Crippen molar-refractivity contribution in [3.8, 4) is 17.6 Å². The molecule has 0 aromatic heterocycles. The number of carbonyl (C=O) groups is 1. The molecule has 0 aliphatic heterocycles. The van der Waals surface area contributed by atoms with Gasteiger partial charge in [0.05, 0.1) is 23.7 Å². The topological polar surface area (TPSA) is 127 Å². The second kappa shape index (κ2) is 12.7. The summed E-state index contributed by atoms with van der Waals surface area (Å²) >= 11 is 0. The highest BCUT2D eigenvalue weighted by Gasteiger charge is 2.22. The molecule has 0 fully saturated rings. The fourth-order valence-electron chi connectivity index (χ4n) is 3.85. The zero-order chi connectivity index (χ0) is 27.6. The summed E-state index contributed by atoms with van der Waals surface area (Å²) in [7, 11) is 1.51. The van der Waals surface area contributed by atoms with E-state index in [1.54, 1.807) is 54.6 Å². The molecule has 196 valence electrons. The lowest BCUT2D eigenvalue weighted by Crippen LogP contribution is -2.33. The fourth-order valence-corrected chi connectivity index (χ4v) is 3.85. The highest BCUT2D eigenvalue weighted by molar-refractivity contribution is 5.86. The highest BCUT2D eigenvalue weighted by Crippen LogP contribution is 2.32. The first-order valence-corrected chi connectivity index (χ1v) is 12.1. The lowest BCUT2D eigenvalue weighted by Gasteiger charge is -2.21. The monoisotopic (exact) mass is 522 g/mol. The molecular formula is C30H26N4O5. The number of ether oxygens (including phenoxy) is 2. The Hall–Kier alpha value is -5.36. The van der Waals surface area contributed by atoms with Gasteiger partial charge < -0.3 is 20.1 Å². The third kappa shape index (κ3) is 7.11. The van der Waals surface area contributed by atoms with E-state index in [1.807, 2.05) is 30.3 Å². The quantitative estimate of drug-likeness (QED) is 0.196. The van der Waals surface area contributed by atoms with E-state index in [0.29, 0.717) is 34.9 Å². The first kappa shape index (κ1) is 26.7. The van der Waals surface area contributed by atoms with E-state index >= 15 is 0 Å². The zero-order valence-corrected chi connectivity index (χ0v) is 21.2. The van der Waals surface area contributed by atoms with Crippen LogP contribution in [0.1, 0.15) is 28.3 Å². The number of hydrogen-bond acceptors (Lipinski definition) is 7. The summed E-state index contributed by atoms with van der Waals surface area (Å²) in [5.74, 6) is 0.642. The molecule has 9 nitrogen and oxygen atoms in total. The molecule has 1 amide bonds. The summed E-state index contributed by atoms with van der Waals surface area (Å²) in [6.07, 6.45) is 0. The van der Waals surface area contributed by atoms with Gasteiger partial charge in [0.2, 0.25) is 5.91 Å². The van der Waals surface area contributed by atoms with Gasteiger partial charge in [-0.3, -0.25) is 14.9 Å². The van der Waals surface area contributed by atoms with Crippen molar-refractivity contribution in [2.45, 2.75) is 19.2 Å². The van der Waals surface area contributed by atoms with Crippen LogP contribution in [0, 0.1) is 21.4 Å². The molecule has 4 rings (SSSR count). The predicted octanol–water partition coefficient (Wildman–Crippen LogP) is 5.52. The Morgan fingerprint density at radius 2 is 1.67 bits per heavy atom. The number of carbonyl (C=O) groups excluding carboxylic acids is 1. The van der Waals surface area contributed by atoms with Crippen molar-refractivity contribution in [1.29, 1.82) is 5.26 Å². The van der Waals surface area contributed by atoms with Gasteiger partial charge in [0.1, 0.15) is 12.6 Å². The molecule has 0 bridgehead atoms. The lowest BCUT2D eigenvalue weighted by molar-refractivity contribution is -0.384. The summed E-state index contributed by atoms with van der Waals surface area (Å²) in [6, 6.07) is 29.1. The highest BCUT2D eigenvalue weighted by atomic mass is 16.6. The number of anilines is 1. The molecule has 0 heterocycles. The summed E-state index contributed by atoms with van der Waals surface area (Å²) in [5.41, 5.74) is 3.56. The smallest absolute Gasteiger partial charge is 0.269 e. The Morgan fingerprint density at radius 1 is 0.949 bits per heavy atom. The van der Waals surface area contributed by atoms with Crippen molar-refractivity contribution in [3.05, 3.63) is 129 Å². The maximum atomic E-state index is 13.4. The fraction of sp³-hybridized carbons (Fsp3) is 0.133. The van der Waals surface area contributed by atoms with Crippen molar-refractivity contribution in [3.63, 3.8) is 0 Å². The van der Waals surface area contributed by atoms with E-state index in [4.69, 9.17) is 14.7 Å². The van der Waals surface area contributed by atoms with Crippen LogP contribution in [0.5, 0.6) is 11.5 Å². The summed E-state index contributed by atoms with van der Waals surface area (Å²) in [5, 5.41) is 26.2. The minimum absolute atomic E-state index is 0.00651. The number of nitro groups is 1. The Morgan fingerprint density at radius 3 is 2.31 bits per heavy atom. The summed E-state index contributed by atoms with van der Waals surface area (Å²) in [4.78, 5) is 23.8. The molecule has 39 heavy (non-hydrogen) atoms. The molecule has 0 aliphatic rings. The maximum absolute atomic E-state index is 13.4. The molecule has 0 saturated heterocycles. The third-order valence-electron chi connectivity index (χ3n) is 5.96. The number of rotatable bonds is 11. The van der Waals surface area contributed by atoms with Crippen molar-refractivity contribution in [1.82, 2.24) is 5.32 Å². The second-order valence-electron chi connectivity index (χ2n) is 8.59. The van der Waals surface area contributed by atoms with Gasteiger partial charge in [0, 0.05) is 24.4 Å². The molecule has 0 aliphatic carbocycles. The van der Waals surface area contributed by atoms with Gasteiger partial charge in [0.15, 0.2) is 11.5 Å². The maximum Gasteiger partial charge on any atom is 0.269 e. The van der Waals surface area contributed by atoms with Crippen LogP contribution in [0.3, 0.4) is 0 Å². The molecule has 0 saturated carbocycles. The molecule has 2 N–H and O–H groups in total. The van der Waals surface area contributed by atoms with Gasteiger partial charge in [-0.05, 0) is 65.2 Å². The summed E-state index contributed by atoms with van der Waals surface area (Å²) < 4.78 is 11.5. The minimum atomic E-state index is -0.765. The van der Waals surface area contributed by atoms with Gasteiger partial charge in [0.25, 0.3) is 5.69 Å². The molecule has 9 heteroatoms. The standard InChI is InChI=1S/C30H26N4O5/c1-38-28-17-24(11-16-27(28)39-20-23-9-14-26(15-10-23)34(36)37)29(33-25-12-7-21(18-31)8-13-25)30(35)32-19-22-5-3-2-4-6-22/h2-17,29,33H,19-20H2,1H3,(H,32,35)/t29-/m1/s1. The molecule has 0 radical (unpaired) electrons. The van der Waals surface area contributed by atoms with Crippen LogP contribution in [-0.4, -0.2) is 17.9 Å². The Labute approximate surface area is 225 Å². The van der Waals surface area contributed by atoms with E-state index in [0.717, 1.165) is 11.1 Å². The largest absolute Gasteiger partial charge is 0.493 e. The average Bonchev–Trinajstić information content (AvgIpc) is 2.98. The number of nitrogens with one attached hydrogen (secondary N) is 2. The SMILES string of the molecule is COc1cc([C@@H](Nc2ccc(C#N)cc2)C(=O)NCc2ccccc2)ccc1OCc1ccc([N+](=O)[O-])cc1. The van der Waals surface area contributed by atoms with Crippen LogP contribution in [0.4, 0.5) is 11.4 Å². The molecular weight excluding hydrogens is 496 g/mol. The predicted molar refractivity (Wildman–Crippen MR) is 146 cm³/mol. The van der Waals surface area contributed by atoms with Crippen molar-refractivity contribution >= 4 is 17.3 Å². The number of amides is 1. The van der Waals surface area contributed by atoms with E-state index in [-0.39, 0.29) is 18.2 Å². The third-order valence-corrected chi connectivity index (χ3v) is 5.96. The van der Waals surface area contributed by atoms with Crippen molar-refractivity contribution in [2.75, 3.05) is 12.4 Å². The number of nitrogens with zero attached hydrogens (tertiary/aromatic N) is 2. The molecule has 1 atom stereocenters. The second-order valence-corrected chi connectivity index (χ2v) is 8.59. The van der Waals surface area contributed by atoms with Gasteiger partial charge in [-0.15, -0.1) is 0 Å². The van der Waals surface area contributed by atoms with E-state index in [9.17, 15) is 14.9 Å². The lowest BCUT2D eigenvalue weighted by atomic mass is 10.0. The van der Waals surface area contributed by atoms with Crippen LogP contribution in [0.15, 0.2) is 97.1 Å². The number of methoxy groups -OCH3 is 1.